The highest BCUT2D eigenvalue weighted by atomic mass is 79.9. The van der Waals surface area contributed by atoms with E-state index in [1.165, 1.54) is 11.1 Å². The standard InChI is InChI=1S/C21H23BrO2/c1-21(2,3)16-8-6-15(7-9-16)18-12-19(18)20(23)24-13-14-4-10-17(22)11-5-14/h4-11,18-19H,12-13H2,1-3H3. The van der Waals surface area contributed by atoms with E-state index in [1.807, 2.05) is 24.3 Å². The van der Waals surface area contributed by atoms with Gasteiger partial charge in [-0.3, -0.25) is 4.79 Å². The summed E-state index contributed by atoms with van der Waals surface area (Å²) in [4.78, 5) is 12.2. The number of hydrogen-bond acceptors (Lipinski definition) is 2. The van der Waals surface area contributed by atoms with E-state index >= 15 is 0 Å². The zero-order chi connectivity index (χ0) is 17.3. The minimum atomic E-state index is -0.0807. The molecule has 0 spiro atoms. The molecule has 2 unspecified atom stereocenters. The van der Waals surface area contributed by atoms with Gasteiger partial charge in [0.1, 0.15) is 6.61 Å². The summed E-state index contributed by atoms with van der Waals surface area (Å²) in [5, 5.41) is 0. The Morgan fingerprint density at radius 2 is 1.71 bits per heavy atom. The fourth-order valence-corrected chi connectivity index (χ4v) is 3.16. The van der Waals surface area contributed by atoms with Crippen LogP contribution in [0.1, 0.15) is 49.8 Å². The lowest BCUT2D eigenvalue weighted by atomic mass is 9.86. The van der Waals surface area contributed by atoms with Gasteiger partial charge in [0, 0.05) is 4.47 Å². The number of ether oxygens (including phenoxy) is 1. The summed E-state index contributed by atoms with van der Waals surface area (Å²) in [5.74, 6) is 0.250. The summed E-state index contributed by atoms with van der Waals surface area (Å²) in [6, 6.07) is 16.5. The average Bonchev–Trinajstić information content (AvgIpc) is 3.34. The second kappa shape index (κ2) is 6.72. The summed E-state index contributed by atoms with van der Waals surface area (Å²) < 4.78 is 6.49. The van der Waals surface area contributed by atoms with Crippen LogP contribution in [0.3, 0.4) is 0 Å². The second-order valence-corrected chi connectivity index (χ2v) is 8.47. The second-order valence-electron chi connectivity index (χ2n) is 7.55. The van der Waals surface area contributed by atoms with E-state index in [4.69, 9.17) is 4.74 Å². The largest absolute Gasteiger partial charge is 0.461 e. The number of rotatable bonds is 4. The molecule has 126 valence electrons. The summed E-state index contributed by atoms with van der Waals surface area (Å²) in [6.07, 6.45) is 0.897. The smallest absolute Gasteiger partial charge is 0.309 e. The molecule has 0 aromatic heterocycles. The summed E-state index contributed by atoms with van der Waals surface area (Å²) in [7, 11) is 0. The van der Waals surface area contributed by atoms with E-state index in [-0.39, 0.29) is 17.3 Å². The molecule has 0 heterocycles. The third kappa shape index (κ3) is 4.07. The summed E-state index contributed by atoms with van der Waals surface area (Å²) >= 11 is 3.40. The molecule has 2 aromatic rings. The van der Waals surface area contributed by atoms with E-state index in [1.54, 1.807) is 0 Å². The van der Waals surface area contributed by atoms with Crippen LogP contribution in [0.5, 0.6) is 0 Å². The molecule has 1 aliphatic rings. The van der Waals surface area contributed by atoms with Crippen LogP contribution in [0, 0.1) is 5.92 Å². The lowest BCUT2D eigenvalue weighted by molar-refractivity contribution is -0.146. The van der Waals surface area contributed by atoms with Crippen LogP contribution in [0.4, 0.5) is 0 Å². The first kappa shape index (κ1) is 17.2. The van der Waals surface area contributed by atoms with Crippen LogP contribution in [0.15, 0.2) is 53.0 Å². The third-order valence-corrected chi connectivity index (χ3v) is 5.12. The van der Waals surface area contributed by atoms with Crippen molar-refractivity contribution in [3.8, 4) is 0 Å². The zero-order valence-electron chi connectivity index (χ0n) is 14.4. The van der Waals surface area contributed by atoms with Crippen LogP contribution in [-0.4, -0.2) is 5.97 Å². The van der Waals surface area contributed by atoms with Gasteiger partial charge in [-0.15, -0.1) is 0 Å². The van der Waals surface area contributed by atoms with Crippen molar-refractivity contribution in [2.45, 2.75) is 45.1 Å². The minimum Gasteiger partial charge on any atom is -0.461 e. The third-order valence-electron chi connectivity index (χ3n) is 4.59. The van der Waals surface area contributed by atoms with Crippen LogP contribution in [-0.2, 0) is 21.6 Å². The Morgan fingerprint density at radius 1 is 1.08 bits per heavy atom. The molecule has 2 aromatic carbocycles. The molecule has 0 saturated heterocycles. The van der Waals surface area contributed by atoms with Crippen molar-refractivity contribution in [2.75, 3.05) is 0 Å². The Balaban J connectivity index is 1.54. The van der Waals surface area contributed by atoms with Crippen LogP contribution >= 0.6 is 15.9 Å². The molecule has 2 atom stereocenters. The first-order valence-electron chi connectivity index (χ1n) is 8.36. The fourth-order valence-electron chi connectivity index (χ4n) is 2.90. The van der Waals surface area contributed by atoms with Crippen molar-refractivity contribution < 1.29 is 9.53 Å². The predicted octanol–water partition coefficient (Wildman–Crippen LogP) is 5.59. The number of carbonyl (C=O) groups excluding carboxylic acids is 1. The van der Waals surface area contributed by atoms with Crippen molar-refractivity contribution in [3.63, 3.8) is 0 Å². The van der Waals surface area contributed by atoms with E-state index < -0.39 is 0 Å². The number of halogens is 1. The van der Waals surface area contributed by atoms with Gasteiger partial charge in [0.2, 0.25) is 0 Å². The van der Waals surface area contributed by atoms with Crippen molar-refractivity contribution in [3.05, 3.63) is 69.7 Å². The Bertz CT molecular complexity index is 711. The Morgan fingerprint density at radius 3 is 2.29 bits per heavy atom. The molecule has 0 N–H and O–H groups in total. The molecule has 3 heteroatoms. The number of carbonyl (C=O) groups is 1. The van der Waals surface area contributed by atoms with E-state index in [0.717, 1.165) is 16.5 Å². The highest BCUT2D eigenvalue weighted by Crippen LogP contribution is 2.48. The monoisotopic (exact) mass is 386 g/mol. The molecule has 0 amide bonds. The maximum atomic E-state index is 12.2. The van der Waals surface area contributed by atoms with Gasteiger partial charge in [-0.1, -0.05) is 73.1 Å². The molecule has 1 aliphatic carbocycles. The van der Waals surface area contributed by atoms with Crippen molar-refractivity contribution in [2.24, 2.45) is 5.92 Å². The maximum Gasteiger partial charge on any atom is 0.309 e. The van der Waals surface area contributed by atoms with Gasteiger partial charge in [0.15, 0.2) is 0 Å². The van der Waals surface area contributed by atoms with Crippen molar-refractivity contribution in [1.82, 2.24) is 0 Å². The van der Waals surface area contributed by atoms with E-state index in [9.17, 15) is 4.79 Å². The molecule has 2 nitrogen and oxygen atoms in total. The molecular weight excluding hydrogens is 364 g/mol. The van der Waals surface area contributed by atoms with Gasteiger partial charge in [-0.2, -0.15) is 0 Å². The molecule has 1 fully saturated rings. The molecule has 0 aliphatic heterocycles. The SMILES string of the molecule is CC(C)(C)c1ccc(C2CC2C(=O)OCc2ccc(Br)cc2)cc1. The summed E-state index contributed by atoms with van der Waals surface area (Å²) in [5.41, 5.74) is 3.73. The van der Waals surface area contributed by atoms with Gasteiger partial charge >= 0.3 is 5.97 Å². The van der Waals surface area contributed by atoms with Crippen LogP contribution in [0.25, 0.3) is 0 Å². The Kier molecular flexibility index (Phi) is 4.82. The van der Waals surface area contributed by atoms with Gasteiger partial charge in [0.25, 0.3) is 0 Å². The normalized spacial score (nSPS) is 19.8. The minimum absolute atomic E-state index is 0.0148. The summed E-state index contributed by atoms with van der Waals surface area (Å²) in [6.45, 7) is 6.97. The van der Waals surface area contributed by atoms with Crippen LogP contribution in [0.2, 0.25) is 0 Å². The first-order valence-corrected chi connectivity index (χ1v) is 9.15. The topological polar surface area (TPSA) is 26.3 Å². The molecule has 3 rings (SSSR count). The van der Waals surface area contributed by atoms with Gasteiger partial charge in [0.05, 0.1) is 5.92 Å². The lowest BCUT2D eigenvalue weighted by Gasteiger charge is -2.19. The lowest BCUT2D eigenvalue weighted by Crippen LogP contribution is -2.11. The average molecular weight is 387 g/mol. The van der Waals surface area contributed by atoms with Gasteiger partial charge < -0.3 is 4.74 Å². The number of esters is 1. The van der Waals surface area contributed by atoms with E-state index in [2.05, 4.69) is 61.0 Å². The molecule has 0 radical (unpaired) electrons. The van der Waals surface area contributed by atoms with Gasteiger partial charge in [-0.25, -0.2) is 0 Å². The quantitative estimate of drug-likeness (QED) is 0.639. The van der Waals surface area contributed by atoms with Crippen LogP contribution < -0.4 is 0 Å². The Labute approximate surface area is 152 Å². The predicted molar refractivity (Wildman–Crippen MR) is 99.9 cm³/mol. The van der Waals surface area contributed by atoms with Gasteiger partial charge in [-0.05, 0) is 46.6 Å². The number of hydrogen-bond donors (Lipinski definition) is 0. The maximum absolute atomic E-state index is 12.2. The highest BCUT2D eigenvalue weighted by Gasteiger charge is 2.45. The highest BCUT2D eigenvalue weighted by molar-refractivity contribution is 9.10. The molecular formula is C21H23BrO2. The van der Waals surface area contributed by atoms with Crippen molar-refractivity contribution in [1.29, 1.82) is 0 Å². The molecule has 1 saturated carbocycles. The molecule has 0 bridgehead atoms. The fraction of sp³-hybridized carbons (Fsp3) is 0.381. The number of benzene rings is 2. The zero-order valence-corrected chi connectivity index (χ0v) is 16.0. The van der Waals surface area contributed by atoms with Crippen molar-refractivity contribution >= 4 is 21.9 Å². The first-order chi connectivity index (χ1) is 11.3. The van der Waals surface area contributed by atoms with E-state index in [0.29, 0.717) is 12.5 Å². The Hall–Kier alpha value is -1.61. The molecule has 24 heavy (non-hydrogen) atoms.